The fourth-order valence-electron chi connectivity index (χ4n) is 3.28. The minimum absolute atomic E-state index is 0.0476. The third-order valence-corrected chi connectivity index (χ3v) is 5.50. The van der Waals surface area contributed by atoms with Crippen LogP contribution in [-0.4, -0.2) is 15.5 Å². The predicted molar refractivity (Wildman–Crippen MR) is 112 cm³/mol. The number of aromatic nitrogens is 2. The molecule has 0 saturated carbocycles. The number of aryl methyl sites for hydroxylation is 2. The zero-order chi connectivity index (χ0) is 18.8. The average molecular weight is 375 g/mol. The smallest absolute Gasteiger partial charge is 0.230 e. The molecule has 4 nitrogen and oxygen atoms in total. The Bertz CT molecular complexity index is 1090. The van der Waals surface area contributed by atoms with Gasteiger partial charge in [0.05, 0.1) is 12.1 Å². The lowest BCUT2D eigenvalue weighted by Crippen LogP contribution is -2.14. The fraction of sp³-hybridized carbons (Fsp3) is 0.182. The van der Waals surface area contributed by atoms with Crippen LogP contribution < -0.4 is 5.32 Å². The molecule has 0 radical (unpaired) electrons. The summed E-state index contributed by atoms with van der Waals surface area (Å²) in [6.45, 7) is 2.14. The quantitative estimate of drug-likeness (QED) is 0.531. The van der Waals surface area contributed by atoms with E-state index in [2.05, 4.69) is 58.2 Å². The average Bonchev–Trinajstić information content (AvgIpc) is 3.27. The van der Waals surface area contributed by atoms with E-state index >= 15 is 0 Å². The largest absolute Gasteiger partial charge is 0.350 e. The number of carbonyl (C=O) groups excluding carboxylic acids is 1. The first-order chi connectivity index (χ1) is 13.1. The Labute approximate surface area is 162 Å². The molecule has 0 saturated heterocycles. The number of para-hydroxylation sites is 1. The van der Waals surface area contributed by atoms with Crippen molar-refractivity contribution in [1.29, 1.82) is 0 Å². The van der Waals surface area contributed by atoms with Crippen LogP contribution in [0.5, 0.6) is 0 Å². The number of benzene rings is 2. The normalized spacial score (nSPS) is 11.0. The first-order valence-corrected chi connectivity index (χ1v) is 9.89. The third-order valence-electron chi connectivity index (χ3n) is 4.74. The van der Waals surface area contributed by atoms with Crippen molar-refractivity contribution in [3.05, 3.63) is 71.2 Å². The lowest BCUT2D eigenvalue weighted by Gasteiger charge is -2.01. The van der Waals surface area contributed by atoms with Crippen LogP contribution in [0.2, 0.25) is 0 Å². The van der Waals surface area contributed by atoms with Crippen molar-refractivity contribution in [2.75, 3.05) is 5.32 Å². The molecule has 136 valence electrons. The zero-order valence-electron chi connectivity index (χ0n) is 15.4. The number of anilines is 1. The first-order valence-electron chi connectivity index (χ1n) is 9.01. The Morgan fingerprint density at radius 2 is 1.93 bits per heavy atom. The molecule has 1 amide bonds. The van der Waals surface area contributed by atoms with E-state index in [0.717, 1.165) is 34.1 Å². The highest BCUT2D eigenvalue weighted by Crippen LogP contribution is 2.26. The van der Waals surface area contributed by atoms with Gasteiger partial charge in [-0.15, -0.1) is 11.3 Å². The first kappa shape index (κ1) is 17.5. The van der Waals surface area contributed by atoms with Crippen LogP contribution >= 0.6 is 11.3 Å². The van der Waals surface area contributed by atoms with Gasteiger partial charge < -0.3 is 9.88 Å². The summed E-state index contributed by atoms with van der Waals surface area (Å²) in [5, 5.41) is 6.67. The van der Waals surface area contributed by atoms with Gasteiger partial charge in [-0.3, -0.25) is 4.79 Å². The van der Waals surface area contributed by atoms with E-state index in [1.165, 1.54) is 16.9 Å². The standard InChI is InChI=1S/C22H21N3OS/c1-3-15-8-10-16(11-9-15)19-14-27-22(23-19)24-21(26)12-17-13-25(2)20-7-5-4-6-18(17)20/h4-11,13-14H,3,12H2,1-2H3,(H,23,24,26). The van der Waals surface area contributed by atoms with Crippen molar-refractivity contribution in [1.82, 2.24) is 9.55 Å². The van der Waals surface area contributed by atoms with Crippen molar-refractivity contribution in [2.24, 2.45) is 7.05 Å². The van der Waals surface area contributed by atoms with Crippen molar-refractivity contribution in [3.8, 4) is 11.3 Å². The van der Waals surface area contributed by atoms with E-state index in [4.69, 9.17) is 0 Å². The van der Waals surface area contributed by atoms with Gasteiger partial charge in [-0.2, -0.15) is 0 Å². The SMILES string of the molecule is CCc1ccc(-c2csc(NC(=O)Cc3cn(C)c4ccccc34)n2)cc1. The number of rotatable bonds is 5. The van der Waals surface area contributed by atoms with Gasteiger partial charge in [0.25, 0.3) is 0 Å². The van der Waals surface area contributed by atoms with Crippen molar-refractivity contribution in [2.45, 2.75) is 19.8 Å². The number of nitrogens with one attached hydrogen (secondary N) is 1. The fourth-order valence-corrected chi connectivity index (χ4v) is 4.01. The second-order valence-corrected chi connectivity index (χ2v) is 7.45. The molecule has 0 aliphatic carbocycles. The van der Waals surface area contributed by atoms with Gasteiger partial charge in [-0.05, 0) is 23.6 Å². The van der Waals surface area contributed by atoms with Crippen molar-refractivity contribution < 1.29 is 4.79 Å². The van der Waals surface area contributed by atoms with E-state index < -0.39 is 0 Å². The Morgan fingerprint density at radius 3 is 2.70 bits per heavy atom. The number of fused-ring (bicyclic) bond motifs is 1. The molecule has 0 atom stereocenters. The molecular formula is C22H21N3OS. The van der Waals surface area contributed by atoms with Crippen LogP contribution in [-0.2, 0) is 24.7 Å². The third kappa shape index (κ3) is 3.64. The van der Waals surface area contributed by atoms with Crippen LogP contribution in [0.3, 0.4) is 0 Å². The van der Waals surface area contributed by atoms with E-state index in [1.54, 1.807) is 0 Å². The zero-order valence-corrected chi connectivity index (χ0v) is 16.2. The number of hydrogen-bond acceptors (Lipinski definition) is 3. The molecule has 0 aliphatic rings. The number of nitrogens with zero attached hydrogens (tertiary/aromatic N) is 2. The summed E-state index contributed by atoms with van der Waals surface area (Å²) >= 11 is 1.45. The van der Waals surface area contributed by atoms with Gasteiger partial charge >= 0.3 is 0 Å². The van der Waals surface area contributed by atoms with Gasteiger partial charge in [-0.1, -0.05) is 49.4 Å². The Balaban J connectivity index is 1.47. The molecule has 2 heterocycles. The van der Waals surface area contributed by atoms with Gasteiger partial charge in [0.2, 0.25) is 5.91 Å². The molecule has 2 aromatic heterocycles. The molecule has 0 spiro atoms. The molecule has 0 bridgehead atoms. The summed E-state index contributed by atoms with van der Waals surface area (Å²) in [5.74, 6) is -0.0476. The topological polar surface area (TPSA) is 46.9 Å². The molecule has 0 fully saturated rings. The summed E-state index contributed by atoms with van der Waals surface area (Å²) in [7, 11) is 2.00. The molecule has 27 heavy (non-hydrogen) atoms. The minimum Gasteiger partial charge on any atom is -0.350 e. The summed E-state index contributed by atoms with van der Waals surface area (Å²) in [6.07, 6.45) is 3.38. The second kappa shape index (κ2) is 7.37. The highest BCUT2D eigenvalue weighted by Gasteiger charge is 2.12. The molecule has 4 rings (SSSR count). The molecule has 5 heteroatoms. The van der Waals surface area contributed by atoms with E-state index in [-0.39, 0.29) is 5.91 Å². The Hall–Kier alpha value is -2.92. The number of thiazole rings is 1. The highest BCUT2D eigenvalue weighted by molar-refractivity contribution is 7.14. The Morgan fingerprint density at radius 1 is 1.15 bits per heavy atom. The maximum Gasteiger partial charge on any atom is 0.230 e. The van der Waals surface area contributed by atoms with Crippen molar-refractivity contribution >= 4 is 33.3 Å². The number of amides is 1. The summed E-state index contributed by atoms with van der Waals surface area (Å²) in [5.41, 5.74) is 5.42. The van der Waals surface area contributed by atoms with Gasteiger partial charge in [0.1, 0.15) is 0 Å². The maximum absolute atomic E-state index is 12.5. The lowest BCUT2D eigenvalue weighted by molar-refractivity contribution is -0.115. The Kier molecular flexibility index (Phi) is 4.77. The second-order valence-electron chi connectivity index (χ2n) is 6.60. The van der Waals surface area contributed by atoms with Gasteiger partial charge in [0, 0.05) is 35.1 Å². The summed E-state index contributed by atoms with van der Waals surface area (Å²) in [6, 6.07) is 16.5. The molecule has 0 aliphatic heterocycles. The monoisotopic (exact) mass is 375 g/mol. The van der Waals surface area contributed by atoms with Crippen LogP contribution in [0.25, 0.3) is 22.2 Å². The minimum atomic E-state index is -0.0476. The molecule has 0 unspecified atom stereocenters. The van der Waals surface area contributed by atoms with Crippen molar-refractivity contribution in [3.63, 3.8) is 0 Å². The lowest BCUT2D eigenvalue weighted by atomic mass is 10.1. The maximum atomic E-state index is 12.5. The van der Waals surface area contributed by atoms with Gasteiger partial charge in [-0.25, -0.2) is 4.98 Å². The van der Waals surface area contributed by atoms with Crippen LogP contribution in [0.15, 0.2) is 60.1 Å². The highest BCUT2D eigenvalue weighted by atomic mass is 32.1. The summed E-state index contributed by atoms with van der Waals surface area (Å²) < 4.78 is 2.05. The van der Waals surface area contributed by atoms with E-state index in [0.29, 0.717) is 11.6 Å². The van der Waals surface area contributed by atoms with E-state index in [1.807, 2.05) is 30.8 Å². The summed E-state index contributed by atoms with van der Waals surface area (Å²) in [4.78, 5) is 17.1. The van der Waals surface area contributed by atoms with Crippen LogP contribution in [0.4, 0.5) is 5.13 Å². The molecule has 1 N–H and O–H groups in total. The van der Waals surface area contributed by atoms with Crippen LogP contribution in [0.1, 0.15) is 18.1 Å². The number of hydrogen-bond donors (Lipinski definition) is 1. The predicted octanol–water partition coefficient (Wildman–Crippen LogP) is 5.05. The molecule has 4 aromatic rings. The number of carbonyl (C=O) groups is 1. The van der Waals surface area contributed by atoms with E-state index in [9.17, 15) is 4.79 Å². The van der Waals surface area contributed by atoms with Crippen LogP contribution in [0, 0.1) is 0 Å². The molecular weight excluding hydrogens is 354 g/mol. The van der Waals surface area contributed by atoms with Gasteiger partial charge in [0.15, 0.2) is 5.13 Å². The molecule has 2 aromatic carbocycles.